The van der Waals surface area contributed by atoms with E-state index in [9.17, 15) is 4.79 Å². The highest BCUT2D eigenvalue weighted by Gasteiger charge is 2.33. The molecule has 1 aliphatic rings. The summed E-state index contributed by atoms with van der Waals surface area (Å²) >= 11 is 9.90. The lowest BCUT2D eigenvalue weighted by Crippen LogP contribution is -2.32. The highest BCUT2D eigenvalue weighted by Crippen LogP contribution is 2.32. The van der Waals surface area contributed by atoms with Gasteiger partial charge in [0.1, 0.15) is 17.3 Å². The molecule has 4 nitrogen and oxygen atoms in total. The van der Waals surface area contributed by atoms with Gasteiger partial charge in [-0.2, -0.15) is 0 Å². The van der Waals surface area contributed by atoms with Gasteiger partial charge in [0.2, 0.25) is 0 Å². The fourth-order valence-corrected chi connectivity index (χ4v) is 3.74. The van der Waals surface area contributed by atoms with Crippen molar-refractivity contribution in [3.05, 3.63) is 99.1 Å². The van der Waals surface area contributed by atoms with Crippen LogP contribution in [-0.2, 0) is 4.79 Å². The number of halogens is 2. The molecule has 0 aromatic heterocycles. The maximum atomic E-state index is 13.4. The number of amides is 1. The molecule has 0 unspecified atom stereocenters. The van der Waals surface area contributed by atoms with Crippen molar-refractivity contribution in [3.63, 3.8) is 0 Å². The van der Waals surface area contributed by atoms with E-state index in [1.54, 1.807) is 24.2 Å². The molecule has 0 N–H and O–H groups in total. The zero-order chi connectivity index (χ0) is 20.4. The molecule has 144 valence electrons. The number of nitrogens with zero attached hydrogens (tertiary/aromatic N) is 2. The molecule has 3 aromatic rings. The Morgan fingerprint density at radius 3 is 2.55 bits per heavy atom. The molecular formula is C23H16BrClN2O2. The number of carbonyl (C=O) groups excluding carboxylic acids is 1. The molecule has 6 heteroatoms. The van der Waals surface area contributed by atoms with Gasteiger partial charge in [0.05, 0.1) is 17.8 Å². The molecule has 1 heterocycles. The maximum Gasteiger partial charge on any atom is 0.282 e. The van der Waals surface area contributed by atoms with Crippen LogP contribution in [0.3, 0.4) is 0 Å². The van der Waals surface area contributed by atoms with Crippen molar-refractivity contribution in [2.24, 2.45) is 4.99 Å². The number of anilines is 1. The van der Waals surface area contributed by atoms with Gasteiger partial charge in [0.25, 0.3) is 5.91 Å². The normalized spacial score (nSPS) is 15.0. The van der Waals surface area contributed by atoms with Gasteiger partial charge in [-0.1, -0.05) is 63.9 Å². The number of rotatable bonds is 4. The molecule has 29 heavy (non-hydrogen) atoms. The lowest BCUT2D eigenvalue weighted by molar-refractivity contribution is -0.113. The van der Waals surface area contributed by atoms with Gasteiger partial charge in [-0.25, -0.2) is 4.99 Å². The van der Waals surface area contributed by atoms with Crippen molar-refractivity contribution in [2.75, 3.05) is 12.0 Å². The highest BCUT2D eigenvalue weighted by molar-refractivity contribution is 9.10. The number of carbonyl (C=O) groups is 1. The first-order valence-corrected chi connectivity index (χ1v) is 10.0. The molecule has 0 saturated carbocycles. The molecule has 0 radical (unpaired) electrons. The molecule has 4 rings (SSSR count). The Morgan fingerprint density at radius 1 is 1.03 bits per heavy atom. The minimum Gasteiger partial charge on any atom is -0.496 e. The molecule has 0 fully saturated rings. The topological polar surface area (TPSA) is 41.9 Å². The van der Waals surface area contributed by atoms with Crippen LogP contribution in [0.25, 0.3) is 6.08 Å². The predicted molar refractivity (Wildman–Crippen MR) is 121 cm³/mol. The van der Waals surface area contributed by atoms with Crippen LogP contribution in [0.1, 0.15) is 11.1 Å². The van der Waals surface area contributed by atoms with E-state index in [0.29, 0.717) is 33.6 Å². The van der Waals surface area contributed by atoms with Crippen molar-refractivity contribution in [3.8, 4) is 5.75 Å². The third kappa shape index (κ3) is 3.84. The van der Waals surface area contributed by atoms with Gasteiger partial charge >= 0.3 is 0 Å². The molecule has 0 spiro atoms. The van der Waals surface area contributed by atoms with E-state index in [4.69, 9.17) is 16.3 Å². The van der Waals surface area contributed by atoms with E-state index in [2.05, 4.69) is 20.9 Å². The number of para-hydroxylation sites is 1. The van der Waals surface area contributed by atoms with Crippen molar-refractivity contribution in [1.82, 2.24) is 0 Å². The van der Waals surface area contributed by atoms with Crippen LogP contribution in [0, 0.1) is 0 Å². The van der Waals surface area contributed by atoms with Gasteiger partial charge in [-0.05, 0) is 42.5 Å². The number of benzene rings is 3. The van der Waals surface area contributed by atoms with E-state index in [0.717, 1.165) is 10.0 Å². The minimum atomic E-state index is -0.232. The summed E-state index contributed by atoms with van der Waals surface area (Å²) in [5, 5.41) is 0.526. The SMILES string of the molecule is COc1ccccc1/C=C1/N=C(c2ccccc2Cl)N(c2cccc(Br)c2)C1=O. The second kappa shape index (κ2) is 8.23. The average Bonchev–Trinajstić information content (AvgIpc) is 3.04. The Kier molecular flexibility index (Phi) is 5.51. The summed E-state index contributed by atoms with van der Waals surface area (Å²) in [5.74, 6) is 0.923. The number of ether oxygens (including phenoxy) is 1. The van der Waals surface area contributed by atoms with Crippen LogP contribution >= 0.6 is 27.5 Å². The van der Waals surface area contributed by atoms with E-state index >= 15 is 0 Å². The fourth-order valence-electron chi connectivity index (χ4n) is 3.13. The molecule has 3 aromatic carbocycles. The maximum absolute atomic E-state index is 13.4. The van der Waals surface area contributed by atoms with E-state index < -0.39 is 0 Å². The summed E-state index contributed by atoms with van der Waals surface area (Å²) in [6.45, 7) is 0. The summed E-state index contributed by atoms with van der Waals surface area (Å²) in [7, 11) is 1.60. The highest BCUT2D eigenvalue weighted by atomic mass is 79.9. The number of methoxy groups -OCH3 is 1. The van der Waals surface area contributed by atoms with Gasteiger partial charge in [-0.3, -0.25) is 9.69 Å². The molecule has 0 aliphatic carbocycles. The first-order chi connectivity index (χ1) is 14.1. The standard InChI is InChI=1S/C23H16BrClN2O2/c1-29-21-12-5-2-7-15(21)13-20-23(28)27(17-9-6-8-16(24)14-17)22(26-20)18-10-3-4-11-19(18)25/h2-14H,1H3/b20-13+. The summed E-state index contributed by atoms with van der Waals surface area (Å²) in [6, 6.07) is 22.4. The van der Waals surface area contributed by atoms with Crippen molar-refractivity contribution in [1.29, 1.82) is 0 Å². The lowest BCUT2D eigenvalue weighted by atomic mass is 10.1. The quantitative estimate of drug-likeness (QED) is 0.445. The Morgan fingerprint density at radius 2 is 1.79 bits per heavy atom. The second-order valence-corrected chi connectivity index (χ2v) is 7.63. The third-order valence-electron chi connectivity index (χ3n) is 4.47. The van der Waals surface area contributed by atoms with Crippen LogP contribution in [0.2, 0.25) is 5.02 Å². The van der Waals surface area contributed by atoms with E-state index in [-0.39, 0.29) is 5.91 Å². The third-order valence-corrected chi connectivity index (χ3v) is 5.30. The monoisotopic (exact) mass is 466 g/mol. The van der Waals surface area contributed by atoms with Gasteiger partial charge in [0, 0.05) is 15.6 Å². The van der Waals surface area contributed by atoms with Gasteiger partial charge in [0.15, 0.2) is 0 Å². The van der Waals surface area contributed by atoms with E-state index in [1.165, 1.54) is 0 Å². The smallest absolute Gasteiger partial charge is 0.282 e. The Hall–Kier alpha value is -2.89. The van der Waals surface area contributed by atoms with E-state index in [1.807, 2.05) is 66.7 Å². The van der Waals surface area contributed by atoms with Crippen LogP contribution in [0.15, 0.2) is 88.0 Å². The first kappa shape index (κ1) is 19.4. The zero-order valence-electron chi connectivity index (χ0n) is 15.5. The van der Waals surface area contributed by atoms with Crippen LogP contribution in [0.4, 0.5) is 5.69 Å². The van der Waals surface area contributed by atoms with Crippen LogP contribution < -0.4 is 9.64 Å². The first-order valence-electron chi connectivity index (χ1n) is 8.87. The largest absolute Gasteiger partial charge is 0.496 e. The number of hydrogen-bond acceptors (Lipinski definition) is 3. The average molecular weight is 468 g/mol. The molecule has 0 saturated heterocycles. The fraction of sp³-hybridized carbons (Fsp3) is 0.0435. The molecular weight excluding hydrogens is 452 g/mol. The summed E-state index contributed by atoms with van der Waals surface area (Å²) < 4.78 is 6.27. The second-order valence-electron chi connectivity index (χ2n) is 6.31. The van der Waals surface area contributed by atoms with Crippen LogP contribution in [0.5, 0.6) is 5.75 Å². The molecule has 1 amide bonds. The number of amidine groups is 1. The van der Waals surface area contributed by atoms with Crippen molar-refractivity contribution >= 4 is 51.0 Å². The Labute approximate surface area is 182 Å². The van der Waals surface area contributed by atoms with Crippen molar-refractivity contribution < 1.29 is 9.53 Å². The Bertz CT molecular complexity index is 1160. The molecule has 0 bridgehead atoms. The molecule has 1 aliphatic heterocycles. The molecule has 0 atom stereocenters. The summed E-state index contributed by atoms with van der Waals surface area (Å²) in [5.41, 5.74) is 2.47. The zero-order valence-corrected chi connectivity index (χ0v) is 17.8. The summed E-state index contributed by atoms with van der Waals surface area (Å²) in [6.07, 6.45) is 1.73. The van der Waals surface area contributed by atoms with Crippen LogP contribution in [-0.4, -0.2) is 18.9 Å². The Balaban J connectivity index is 1.88. The summed E-state index contributed by atoms with van der Waals surface area (Å²) in [4.78, 5) is 19.6. The minimum absolute atomic E-state index is 0.232. The van der Waals surface area contributed by atoms with Crippen molar-refractivity contribution in [2.45, 2.75) is 0 Å². The van der Waals surface area contributed by atoms with Gasteiger partial charge < -0.3 is 4.74 Å². The van der Waals surface area contributed by atoms with Gasteiger partial charge in [-0.15, -0.1) is 0 Å². The number of hydrogen-bond donors (Lipinski definition) is 0. The number of aliphatic imine (C=N–C) groups is 1. The predicted octanol–water partition coefficient (Wildman–Crippen LogP) is 5.95. The lowest BCUT2D eigenvalue weighted by Gasteiger charge is -2.19.